The lowest BCUT2D eigenvalue weighted by Gasteiger charge is -2.21. The molecule has 0 amide bonds. The van der Waals surface area contributed by atoms with E-state index in [0.29, 0.717) is 5.69 Å². The Hall–Kier alpha value is -2.59. The molecule has 1 atom stereocenters. The Labute approximate surface area is 145 Å². The van der Waals surface area contributed by atoms with Crippen LogP contribution in [0.1, 0.15) is 17.2 Å². The molecule has 0 saturated heterocycles. The molecule has 0 aliphatic heterocycles. The van der Waals surface area contributed by atoms with E-state index in [9.17, 15) is 4.79 Å². The van der Waals surface area contributed by atoms with Gasteiger partial charge in [-0.1, -0.05) is 72.3 Å². The Balaban J connectivity index is 1.93. The minimum Gasteiger partial charge on any atom is -0.375 e. The number of aromatic nitrogens is 2. The maximum Gasteiger partial charge on any atom is 0.287 e. The molecule has 0 aliphatic rings. The Bertz CT molecular complexity index is 863. The molecule has 4 nitrogen and oxygen atoms in total. The molecule has 0 aliphatic carbocycles. The van der Waals surface area contributed by atoms with Crippen LogP contribution in [0.15, 0.2) is 71.7 Å². The lowest BCUT2D eigenvalue weighted by Crippen LogP contribution is -2.22. The van der Waals surface area contributed by atoms with Crippen LogP contribution in [-0.2, 0) is 13.5 Å². The van der Waals surface area contributed by atoms with Crippen molar-refractivity contribution in [1.82, 2.24) is 9.78 Å². The summed E-state index contributed by atoms with van der Waals surface area (Å²) in [4.78, 5) is 12.0. The van der Waals surface area contributed by atoms with E-state index in [0.717, 1.165) is 12.0 Å². The molecular formula is C19H18ClN3O. The maximum absolute atomic E-state index is 12.0. The van der Waals surface area contributed by atoms with Crippen molar-refractivity contribution in [2.24, 2.45) is 7.05 Å². The van der Waals surface area contributed by atoms with Crippen LogP contribution in [-0.4, -0.2) is 9.78 Å². The Kier molecular flexibility index (Phi) is 4.96. The third-order valence-corrected chi connectivity index (χ3v) is 4.26. The first-order valence-electron chi connectivity index (χ1n) is 7.72. The summed E-state index contributed by atoms with van der Waals surface area (Å²) < 4.78 is 1.22. The van der Waals surface area contributed by atoms with Crippen molar-refractivity contribution in [3.8, 4) is 0 Å². The fraction of sp³-hybridized carbons (Fsp3) is 0.158. The van der Waals surface area contributed by atoms with Gasteiger partial charge >= 0.3 is 0 Å². The van der Waals surface area contributed by atoms with Crippen LogP contribution in [0.5, 0.6) is 0 Å². The molecule has 0 radical (unpaired) electrons. The number of rotatable bonds is 5. The number of nitrogens with one attached hydrogen (secondary N) is 1. The first kappa shape index (κ1) is 16.3. The standard InChI is InChI=1S/C19H18ClN3O/c1-23-19(24)18(20)17(13-21-23)22-16(15-10-6-3-7-11-15)12-14-8-4-2-5-9-14/h2-11,13,16,22H,12H2,1H3. The number of aryl methyl sites for hydroxylation is 1. The highest BCUT2D eigenvalue weighted by Crippen LogP contribution is 2.26. The highest BCUT2D eigenvalue weighted by Gasteiger charge is 2.15. The van der Waals surface area contributed by atoms with Gasteiger partial charge in [-0.25, -0.2) is 4.68 Å². The predicted octanol–water partition coefficient (Wildman–Crippen LogP) is 3.83. The molecule has 5 heteroatoms. The van der Waals surface area contributed by atoms with E-state index < -0.39 is 0 Å². The van der Waals surface area contributed by atoms with Gasteiger partial charge in [-0.2, -0.15) is 5.10 Å². The molecule has 3 rings (SSSR count). The Morgan fingerprint density at radius 3 is 2.38 bits per heavy atom. The zero-order valence-electron chi connectivity index (χ0n) is 13.3. The molecule has 1 aromatic heterocycles. The highest BCUT2D eigenvalue weighted by atomic mass is 35.5. The van der Waals surface area contributed by atoms with E-state index in [-0.39, 0.29) is 16.6 Å². The minimum atomic E-state index is -0.312. The molecule has 1 heterocycles. The molecule has 24 heavy (non-hydrogen) atoms. The predicted molar refractivity (Wildman–Crippen MR) is 97.4 cm³/mol. The normalized spacial score (nSPS) is 11.9. The molecule has 0 spiro atoms. The number of benzene rings is 2. The summed E-state index contributed by atoms with van der Waals surface area (Å²) >= 11 is 6.20. The van der Waals surface area contributed by atoms with Gasteiger partial charge in [-0.3, -0.25) is 4.79 Å². The molecule has 122 valence electrons. The third-order valence-electron chi connectivity index (χ3n) is 3.89. The number of hydrogen-bond acceptors (Lipinski definition) is 3. The summed E-state index contributed by atoms with van der Waals surface area (Å²) in [6.07, 6.45) is 2.36. The average molecular weight is 340 g/mol. The molecule has 2 aromatic carbocycles. The number of nitrogens with zero attached hydrogens (tertiary/aromatic N) is 2. The number of hydrogen-bond donors (Lipinski definition) is 1. The summed E-state index contributed by atoms with van der Waals surface area (Å²) in [7, 11) is 1.58. The van der Waals surface area contributed by atoms with Gasteiger partial charge in [0.05, 0.1) is 17.9 Å². The van der Waals surface area contributed by atoms with Crippen LogP contribution in [0, 0.1) is 0 Å². The first-order valence-corrected chi connectivity index (χ1v) is 8.10. The van der Waals surface area contributed by atoms with Crippen LogP contribution in [0.3, 0.4) is 0 Å². The summed E-state index contributed by atoms with van der Waals surface area (Å²) in [6.45, 7) is 0. The van der Waals surface area contributed by atoms with Crippen LogP contribution in [0.4, 0.5) is 5.69 Å². The van der Waals surface area contributed by atoms with Gasteiger partial charge in [-0.05, 0) is 17.5 Å². The first-order chi connectivity index (χ1) is 11.6. The fourth-order valence-electron chi connectivity index (χ4n) is 2.59. The largest absolute Gasteiger partial charge is 0.375 e. The van der Waals surface area contributed by atoms with Gasteiger partial charge in [0.2, 0.25) is 0 Å². The quantitative estimate of drug-likeness (QED) is 0.768. The van der Waals surface area contributed by atoms with Gasteiger partial charge in [-0.15, -0.1) is 0 Å². The van der Waals surface area contributed by atoms with Crippen LogP contribution in [0.25, 0.3) is 0 Å². The van der Waals surface area contributed by atoms with Crippen molar-refractivity contribution in [3.05, 3.63) is 93.4 Å². The van der Waals surface area contributed by atoms with E-state index in [1.807, 2.05) is 36.4 Å². The van der Waals surface area contributed by atoms with Crippen molar-refractivity contribution in [1.29, 1.82) is 0 Å². The summed E-state index contributed by atoms with van der Waals surface area (Å²) in [6, 6.07) is 20.3. The zero-order valence-corrected chi connectivity index (χ0v) is 14.1. The average Bonchev–Trinajstić information content (AvgIpc) is 2.63. The lowest BCUT2D eigenvalue weighted by molar-refractivity contribution is 0.703. The maximum atomic E-state index is 12.0. The van der Waals surface area contributed by atoms with E-state index in [1.54, 1.807) is 13.2 Å². The van der Waals surface area contributed by atoms with E-state index >= 15 is 0 Å². The SMILES string of the molecule is Cn1ncc(NC(Cc2ccccc2)c2ccccc2)c(Cl)c1=O. The lowest BCUT2D eigenvalue weighted by atomic mass is 9.98. The van der Waals surface area contributed by atoms with Crippen molar-refractivity contribution in [2.45, 2.75) is 12.5 Å². The Morgan fingerprint density at radius 2 is 1.71 bits per heavy atom. The van der Waals surface area contributed by atoms with Gasteiger partial charge in [0.25, 0.3) is 5.56 Å². The number of anilines is 1. The highest BCUT2D eigenvalue weighted by molar-refractivity contribution is 6.32. The van der Waals surface area contributed by atoms with Gasteiger partial charge in [0, 0.05) is 7.05 Å². The molecule has 1 N–H and O–H groups in total. The van der Waals surface area contributed by atoms with Gasteiger partial charge in [0.1, 0.15) is 5.02 Å². The molecule has 3 aromatic rings. The second kappa shape index (κ2) is 7.32. The van der Waals surface area contributed by atoms with Crippen molar-refractivity contribution >= 4 is 17.3 Å². The van der Waals surface area contributed by atoms with Crippen LogP contribution < -0.4 is 10.9 Å². The van der Waals surface area contributed by atoms with E-state index in [1.165, 1.54) is 10.2 Å². The van der Waals surface area contributed by atoms with Crippen molar-refractivity contribution < 1.29 is 0 Å². The fourth-order valence-corrected chi connectivity index (χ4v) is 2.81. The number of halogens is 1. The van der Waals surface area contributed by atoms with E-state index in [4.69, 9.17) is 11.6 Å². The van der Waals surface area contributed by atoms with Gasteiger partial charge in [0.15, 0.2) is 0 Å². The smallest absolute Gasteiger partial charge is 0.287 e. The zero-order chi connectivity index (χ0) is 16.9. The monoisotopic (exact) mass is 339 g/mol. The second-order valence-corrected chi connectivity index (χ2v) is 5.98. The summed E-state index contributed by atoms with van der Waals surface area (Å²) in [5.41, 5.74) is 2.56. The van der Waals surface area contributed by atoms with Crippen molar-refractivity contribution in [2.75, 3.05) is 5.32 Å². The summed E-state index contributed by atoms with van der Waals surface area (Å²) in [5, 5.41) is 7.58. The van der Waals surface area contributed by atoms with Crippen molar-refractivity contribution in [3.63, 3.8) is 0 Å². The van der Waals surface area contributed by atoms with Gasteiger partial charge < -0.3 is 5.32 Å². The minimum absolute atomic E-state index is 0.0139. The topological polar surface area (TPSA) is 46.9 Å². The van der Waals surface area contributed by atoms with E-state index in [2.05, 4.69) is 34.7 Å². The molecule has 0 bridgehead atoms. The summed E-state index contributed by atoms with van der Waals surface area (Å²) in [5.74, 6) is 0. The molecular weight excluding hydrogens is 322 g/mol. The third kappa shape index (κ3) is 3.66. The molecule has 0 saturated carbocycles. The van der Waals surface area contributed by atoms with Crippen LogP contribution in [0.2, 0.25) is 5.02 Å². The molecule has 1 unspecified atom stereocenters. The molecule has 0 fully saturated rings. The van der Waals surface area contributed by atoms with Crippen LogP contribution >= 0.6 is 11.6 Å². The Morgan fingerprint density at radius 1 is 1.08 bits per heavy atom. The second-order valence-electron chi connectivity index (χ2n) is 5.60.